The number of rotatable bonds is 4. The summed E-state index contributed by atoms with van der Waals surface area (Å²) in [6.45, 7) is 0. The molecule has 28 heavy (non-hydrogen) atoms. The summed E-state index contributed by atoms with van der Waals surface area (Å²) in [4.78, 5) is 12.6. The topological polar surface area (TPSA) is 31.2 Å². The van der Waals surface area contributed by atoms with E-state index >= 15 is 4.39 Å². The molecule has 0 aliphatic carbocycles. The van der Waals surface area contributed by atoms with Crippen LogP contribution in [0.3, 0.4) is 0 Å². The molecule has 138 valence electrons. The third-order valence-electron chi connectivity index (χ3n) is 4.63. The number of ether oxygens (including phenoxy) is 1. The van der Waals surface area contributed by atoms with Gasteiger partial charge < -0.3 is 4.74 Å². The van der Waals surface area contributed by atoms with Gasteiger partial charge in [-0.3, -0.25) is 4.57 Å². The lowest BCUT2D eigenvalue weighted by Crippen LogP contribution is -2.06. The molecule has 4 aromatic rings. The summed E-state index contributed by atoms with van der Waals surface area (Å²) in [6, 6.07) is 28.0. The van der Waals surface area contributed by atoms with Crippen LogP contribution in [-0.4, -0.2) is 17.6 Å². The molecular formula is C24H18FNO2. The molecule has 0 bridgehead atoms. The highest BCUT2D eigenvalue weighted by atomic mass is 19.1. The Morgan fingerprint density at radius 1 is 0.786 bits per heavy atom. The molecule has 0 aliphatic heterocycles. The number of nitrogens with zero attached hydrogens (tertiary/aromatic N) is 1. The van der Waals surface area contributed by atoms with Crippen LogP contribution in [0.2, 0.25) is 0 Å². The Bertz CT molecular complexity index is 1100. The Hall–Kier alpha value is -3.66. The molecule has 0 fully saturated rings. The van der Waals surface area contributed by atoms with Gasteiger partial charge in [-0.2, -0.15) is 4.39 Å². The van der Waals surface area contributed by atoms with Crippen LogP contribution < -0.4 is 0 Å². The maximum Gasteiger partial charge on any atom is 0.343 e. The van der Waals surface area contributed by atoms with E-state index in [0.29, 0.717) is 16.9 Å². The fourth-order valence-corrected chi connectivity index (χ4v) is 3.41. The molecular weight excluding hydrogens is 353 g/mol. The summed E-state index contributed by atoms with van der Waals surface area (Å²) in [5.74, 6) is -1.35. The molecule has 0 saturated carbocycles. The van der Waals surface area contributed by atoms with Gasteiger partial charge in [-0.1, -0.05) is 78.9 Å². The first-order valence-electron chi connectivity index (χ1n) is 8.91. The van der Waals surface area contributed by atoms with Crippen LogP contribution >= 0.6 is 0 Å². The van der Waals surface area contributed by atoms with Crippen LogP contribution in [0.15, 0.2) is 91.0 Å². The summed E-state index contributed by atoms with van der Waals surface area (Å²) in [5.41, 5.74) is 3.23. The third kappa shape index (κ3) is 2.99. The summed E-state index contributed by atoms with van der Waals surface area (Å²) in [5, 5.41) is 0. The molecule has 4 rings (SSSR count). The molecule has 0 saturated heterocycles. The minimum Gasteiger partial charge on any atom is -0.465 e. The Balaban J connectivity index is 2.16. The molecule has 1 heterocycles. The van der Waals surface area contributed by atoms with Crippen molar-refractivity contribution in [1.82, 2.24) is 4.57 Å². The number of methoxy groups -OCH3 is 1. The zero-order valence-electron chi connectivity index (χ0n) is 15.3. The van der Waals surface area contributed by atoms with Crippen molar-refractivity contribution in [3.8, 4) is 28.1 Å². The van der Waals surface area contributed by atoms with Crippen LogP contribution in [0.1, 0.15) is 10.4 Å². The maximum absolute atomic E-state index is 15.7. The van der Waals surface area contributed by atoms with Gasteiger partial charge in [0.05, 0.1) is 12.8 Å². The fourth-order valence-electron chi connectivity index (χ4n) is 3.41. The van der Waals surface area contributed by atoms with Crippen molar-refractivity contribution in [3.63, 3.8) is 0 Å². The normalized spacial score (nSPS) is 10.6. The number of carbonyl (C=O) groups is 1. The van der Waals surface area contributed by atoms with Crippen molar-refractivity contribution in [2.24, 2.45) is 0 Å². The SMILES string of the molecule is COC(=O)c1c(-c2ccccc2)c(-c2ccccc2)n(-c2ccccc2)c1F. The number of carbonyl (C=O) groups excluding carboxylic acids is 1. The molecule has 0 N–H and O–H groups in total. The van der Waals surface area contributed by atoms with Crippen molar-refractivity contribution in [3.05, 3.63) is 103 Å². The Morgan fingerprint density at radius 3 is 1.82 bits per heavy atom. The molecule has 1 aromatic heterocycles. The number of aromatic nitrogens is 1. The second kappa shape index (κ2) is 7.53. The van der Waals surface area contributed by atoms with E-state index in [1.807, 2.05) is 91.0 Å². The Kier molecular flexibility index (Phi) is 4.77. The monoisotopic (exact) mass is 371 g/mol. The van der Waals surface area contributed by atoms with E-state index in [1.54, 1.807) is 0 Å². The van der Waals surface area contributed by atoms with Crippen molar-refractivity contribution in [2.75, 3.05) is 7.11 Å². The first-order chi connectivity index (χ1) is 13.7. The van der Waals surface area contributed by atoms with Gasteiger partial charge in [-0.05, 0) is 23.3 Å². The maximum atomic E-state index is 15.7. The lowest BCUT2D eigenvalue weighted by Gasteiger charge is -2.12. The van der Waals surface area contributed by atoms with E-state index in [4.69, 9.17) is 4.74 Å². The van der Waals surface area contributed by atoms with Gasteiger partial charge in [0.2, 0.25) is 5.95 Å². The van der Waals surface area contributed by atoms with Crippen LogP contribution in [0, 0.1) is 5.95 Å². The first-order valence-corrected chi connectivity index (χ1v) is 8.91. The molecule has 0 unspecified atom stereocenters. The standard InChI is InChI=1S/C24H18FNO2/c1-28-24(27)21-20(17-11-5-2-6-12-17)22(18-13-7-3-8-14-18)26(23(21)25)19-15-9-4-10-16-19/h2-16H,1H3. The zero-order chi connectivity index (χ0) is 19.5. The van der Waals surface area contributed by atoms with Gasteiger partial charge in [0.1, 0.15) is 5.56 Å². The average Bonchev–Trinajstić information content (AvgIpc) is 3.08. The number of benzene rings is 3. The predicted molar refractivity (Wildman–Crippen MR) is 108 cm³/mol. The Morgan fingerprint density at radius 2 is 1.29 bits per heavy atom. The van der Waals surface area contributed by atoms with E-state index in [9.17, 15) is 4.79 Å². The number of hydrogen-bond donors (Lipinski definition) is 0. The average molecular weight is 371 g/mol. The van der Waals surface area contributed by atoms with Crippen molar-refractivity contribution < 1.29 is 13.9 Å². The number of para-hydroxylation sites is 1. The summed E-state index contributed by atoms with van der Waals surface area (Å²) < 4.78 is 22.1. The highest BCUT2D eigenvalue weighted by molar-refractivity contribution is 6.03. The van der Waals surface area contributed by atoms with E-state index in [0.717, 1.165) is 11.1 Å². The molecule has 0 spiro atoms. The van der Waals surface area contributed by atoms with Crippen LogP contribution in [0.5, 0.6) is 0 Å². The second-order valence-electron chi connectivity index (χ2n) is 6.28. The van der Waals surface area contributed by atoms with Crippen LogP contribution in [0.4, 0.5) is 4.39 Å². The number of hydrogen-bond acceptors (Lipinski definition) is 2. The molecule has 3 nitrogen and oxygen atoms in total. The fraction of sp³-hybridized carbons (Fsp3) is 0.0417. The smallest absolute Gasteiger partial charge is 0.343 e. The van der Waals surface area contributed by atoms with Crippen molar-refractivity contribution in [1.29, 1.82) is 0 Å². The van der Waals surface area contributed by atoms with E-state index < -0.39 is 11.9 Å². The molecule has 3 aromatic carbocycles. The molecule has 0 aliphatic rings. The number of esters is 1. The minimum atomic E-state index is -0.705. The predicted octanol–water partition coefficient (Wildman–Crippen LogP) is 5.74. The van der Waals surface area contributed by atoms with E-state index in [-0.39, 0.29) is 5.56 Å². The molecule has 0 amide bonds. The largest absolute Gasteiger partial charge is 0.465 e. The van der Waals surface area contributed by atoms with Gasteiger partial charge in [0, 0.05) is 11.3 Å². The highest BCUT2D eigenvalue weighted by Crippen LogP contribution is 2.40. The van der Waals surface area contributed by atoms with Gasteiger partial charge in [-0.15, -0.1) is 0 Å². The van der Waals surface area contributed by atoms with Crippen LogP contribution in [-0.2, 0) is 4.74 Å². The molecule has 4 heteroatoms. The zero-order valence-corrected chi connectivity index (χ0v) is 15.3. The van der Waals surface area contributed by atoms with Crippen molar-refractivity contribution in [2.45, 2.75) is 0 Å². The summed E-state index contributed by atoms with van der Waals surface area (Å²) in [7, 11) is 1.26. The molecule has 0 radical (unpaired) electrons. The van der Waals surface area contributed by atoms with Gasteiger partial charge in [0.25, 0.3) is 0 Å². The summed E-state index contributed by atoms with van der Waals surface area (Å²) >= 11 is 0. The quantitative estimate of drug-likeness (QED) is 0.429. The molecule has 0 atom stereocenters. The minimum absolute atomic E-state index is 0.0728. The lowest BCUT2D eigenvalue weighted by molar-refractivity contribution is 0.0596. The summed E-state index contributed by atoms with van der Waals surface area (Å²) in [6.07, 6.45) is 0. The second-order valence-corrected chi connectivity index (χ2v) is 6.28. The number of halogens is 1. The Labute approximate surface area is 162 Å². The van der Waals surface area contributed by atoms with Gasteiger partial charge >= 0.3 is 5.97 Å². The third-order valence-corrected chi connectivity index (χ3v) is 4.63. The van der Waals surface area contributed by atoms with Gasteiger partial charge in [-0.25, -0.2) is 4.79 Å². The van der Waals surface area contributed by atoms with Gasteiger partial charge in [0.15, 0.2) is 0 Å². The highest BCUT2D eigenvalue weighted by Gasteiger charge is 2.30. The first kappa shape index (κ1) is 17.7. The van der Waals surface area contributed by atoms with Crippen molar-refractivity contribution >= 4 is 5.97 Å². The van der Waals surface area contributed by atoms with E-state index in [1.165, 1.54) is 11.7 Å². The van der Waals surface area contributed by atoms with Crippen LogP contribution in [0.25, 0.3) is 28.1 Å². The van der Waals surface area contributed by atoms with E-state index in [2.05, 4.69) is 0 Å². The lowest BCUT2D eigenvalue weighted by atomic mass is 9.97.